The zero-order valence-electron chi connectivity index (χ0n) is 21.9. The van der Waals surface area contributed by atoms with Crippen LogP contribution in [0, 0.1) is 6.92 Å². The van der Waals surface area contributed by atoms with Gasteiger partial charge in [-0.15, -0.1) is 0 Å². The molecule has 0 saturated carbocycles. The summed E-state index contributed by atoms with van der Waals surface area (Å²) in [7, 11) is -1.06. The van der Waals surface area contributed by atoms with Crippen LogP contribution in [0.1, 0.15) is 44.2 Å². The van der Waals surface area contributed by atoms with Crippen LogP contribution >= 0.6 is 0 Å². The van der Waals surface area contributed by atoms with Gasteiger partial charge in [0, 0.05) is 42.3 Å². The molecule has 4 heterocycles. The van der Waals surface area contributed by atoms with Crippen molar-refractivity contribution in [3.8, 4) is 11.1 Å². The van der Waals surface area contributed by atoms with Crippen LogP contribution in [0.3, 0.4) is 0 Å². The molecule has 5 rings (SSSR count). The first-order valence-corrected chi connectivity index (χ1v) is 14.8. The van der Waals surface area contributed by atoms with Crippen LogP contribution in [0.4, 0.5) is 5.95 Å². The smallest absolute Gasteiger partial charge is 0.260 e. The Morgan fingerprint density at radius 3 is 2.41 bits per heavy atom. The Labute approximate surface area is 218 Å². The lowest BCUT2D eigenvalue weighted by atomic mass is 9.99. The van der Waals surface area contributed by atoms with Crippen molar-refractivity contribution < 1.29 is 8.42 Å². The van der Waals surface area contributed by atoms with Gasteiger partial charge in [-0.1, -0.05) is 24.3 Å². The van der Waals surface area contributed by atoms with Crippen LogP contribution in [0.5, 0.6) is 0 Å². The standard InChI is InChI=1S/C27H36N6O3S/c1-4-37(35,36)32-15-9-21(10-16-32)29-27-28-18-20-17-24(23-8-6-5-7-19(23)2)26(34)33(25(20)30-27)22-11-13-31(3)14-12-22/h5-8,17-18,21-22H,4,9-16H2,1-3H3,(H,28,29,30). The number of pyridine rings is 1. The summed E-state index contributed by atoms with van der Waals surface area (Å²) in [5.74, 6) is 0.603. The van der Waals surface area contributed by atoms with E-state index in [-0.39, 0.29) is 23.4 Å². The van der Waals surface area contributed by atoms with E-state index in [1.807, 2.05) is 41.8 Å². The Balaban J connectivity index is 1.50. The zero-order chi connectivity index (χ0) is 26.2. The van der Waals surface area contributed by atoms with E-state index in [2.05, 4.69) is 22.2 Å². The van der Waals surface area contributed by atoms with E-state index in [0.29, 0.717) is 43.1 Å². The first-order chi connectivity index (χ1) is 17.8. The Hall–Kier alpha value is -2.82. The number of rotatable bonds is 6. The molecule has 9 nitrogen and oxygen atoms in total. The van der Waals surface area contributed by atoms with Gasteiger partial charge >= 0.3 is 0 Å². The van der Waals surface area contributed by atoms with Gasteiger partial charge in [-0.3, -0.25) is 9.36 Å². The maximum atomic E-state index is 14.0. The van der Waals surface area contributed by atoms with Gasteiger partial charge < -0.3 is 10.2 Å². The number of hydrogen-bond donors (Lipinski definition) is 1. The molecule has 0 unspecified atom stereocenters. The first kappa shape index (κ1) is 25.8. The second-order valence-corrected chi connectivity index (χ2v) is 12.5. The molecule has 2 aromatic heterocycles. The molecule has 0 aliphatic carbocycles. The zero-order valence-corrected chi connectivity index (χ0v) is 22.7. The van der Waals surface area contributed by atoms with Crippen LogP contribution < -0.4 is 10.9 Å². The summed E-state index contributed by atoms with van der Waals surface area (Å²) < 4.78 is 27.9. The molecule has 1 aromatic carbocycles. The predicted molar refractivity (Wildman–Crippen MR) is 147 cm³/mol. The molecule has 2 aliphatic heterocycles. The molecule has 0 spiro atoms. The van der Waals surface area contributed by atoms with Gasteiger partial charge in [0.2, 0.25) is 16.0 Å². The van der Waals surface area contributed by atoms with Gasteiger partial charge in [-0.25, -0.2) is 17.7 Å². The molecular weight excluding hydrogens is 488 g/mol. The van der Waals surface area contributed by atoms with Crippen molar-refractivity contribution in [3.63, 3.8) is 0 Å². The van der Waals surface area contributed by atoms with E-state index in [4.69, 9.17) is 4.98 Å². The van der Waals surface area contributed by atoms with E-state index in [1.54, 1.807) is 17.4 Å². The highest BCUT2D eigenvalue weighted by Crippen LogP contribution is 2.29. The number of aromatic nitrogens is 3. The first-order valence-electron chi connectivity index (χ1n) is 13.2. The van der Waals surface area contributed by atoms with Crippen LogP contribution in [0.15, 0.2) is 41.3 Å². The Morgan fingerprint density at radius 2 is 1.73 bits per heavy atom. The molecule has 3 aromatic rings. The lowest BCUT2D eigenvalue weighted by Crippen LogP contribution is -2.43. The summed E-state index contributed by atoms with van der Waals surface area (Å²) in [4.78, 5) is 25.7. The number of likely N-dealkylation sites (tertiary alicyclic amines) is 1. The van der Waals surface area contributed by atoms with E-state index >= 15 is 0 Å². The summed E-state index contributed by atoms with van der Waals surface area (Å²) in [5, 5.41) is 4.25. The van der Waals surface area contributed by atoms with Gasteiger partial charge in [0.25, 0.3) is 5.56 Å². The van der Waals surface area contributed by atoms with Crippen molar-refractivity contribution in [2.24, 2.45) is 0 Å². The summed E-state index contributed by atoms with van der Waals surface area (Å²) in [6.45, 7) is 6.55. The predicted octanol–water partition coefficient (Wildman–Crippen LogP) is 3.26. The molecule has 2 aliphatic rings. The molecule has 0 amide bonds. The summed E-state index contributed by atoms with van der Waals surface area (Å²) in [6.07, 6.45) is 4.96. The third kappa shape index (κ3) is 5.28. The second kappa shape index (κ2) is 10.5. The van der Waals surface area contributed by atoms with Crippen molar-refractivity contribution in [1.82, 2.24) is 23.7 Å². The van der Waals surface area contributed by atoms with Gasteiger partial charge in [0.1, 0.15) is 5.65 Å². The Morgan fingerprint density at radius 1 is 1.03 bits per heavy atom. The van der Waals surface area contributed by atoms with E-state index in [9.17, 15) is 13.2 Å². The minimum absolute atomic E-state index is 0.0147. The third-order valence-electron chi connectivity index (χ3n) is 7.81. The number of piperidine rings is 2. The Kier molecular flexibility index (Phi) is 7.33. The van der Waals surface area contributed by atoms with Crippen LogP contribution in [0.2, 0.25) is 0 Å². The number of sulfonamides is 1. The molecule has 37 heavy (non-hydrogen) atoms. The molecule has 0 radical (unpaired) electrons. The third-order valence-corrected chi connectivity index (χ3v) is 9.69. The number of aryl methyl sites for hydroxylation is 1. The quantitative estimate of drug-likeness (QED) is 0.528. The monoisotopic (exact) mass is 524 g/mol. The highest BCUT2D eigenvalue weighted by Gasteiger charge is 2.28. The van der Waals surface area contributed by atoms with Gasteiger partial charge in [-0.05, 0) is 76.9 Å². The maximum Gasteiger partial charge on any atom is 0.260 e. The summed E-state index contributed by atoms with van der Waals surface area (Å²) in [6, 6.07) is 10.0. The van der Waals surface area contributed by atoms with E-state index in [0.717, 1.165) is 42.4 Å². The van der Waals surface area contributed by atoms with Gasteiger partial charge in [-0.2, -0.15) is 4.98 Å². The number of anilines is 1. The van der Waals surface area contributed by atoms with Crippen LogP contribution in [-0.2, 0) is 10.0 Å². The molecule has 0 atom stereocenters. The normalized spacial score (nSPS) is 18.9. The van der Waals surface area contributed by atoms with E-state index in [1.165, 1.54) is 0 Å². The average molecular weight is 525 g/mol. The molecule has 0 bridgehead atoms. The lowest BCUT2D eigenvalue weighted by molar-refractivity contribution is 0.221. The fraction of sp³-hybridized carbons (Fsp3) is 0.519. The number of fused-ring (bicyclic) bond motifs is 1. The number of nitrogens with zero attached hydrogens (tertiary/aromatic N) is 5. The molecule has 10 heteroatoms. The number of benzene rings is 1. The second-order valence-electron chi connectivity index (χ2n) is 10.3. The topological polar surface area (TPSA) is 100 Å². The minimum atomic E-state index is -3.17. The van der Waals surface area contributed by atoms with Crippen LogP contribution in [0.25, 0.3) is 22.2 Å². The fourth-order valence-corrected chi connectivity index (χ4v) is 6.63. The highest BCUT2D eigenvalue weighted by molar-refractivity contribution is 7.89. The lowest BCUT2D eigenvalue weighted by Gasteiger charge is -2.32. The molecule has 1 N–H and O–H groups in total. The maximum absolute atomic E-state index is 14.0. The van der Waals surface area contributed by atoms with Crippen molar-refractivity contribution >= 4 is 27.0 Å². The van der Waals surface area contributed by atoms with Gasteiger partial charge in [0.15, 0.2) is 0 Å². The van der Waals surface area contributed by atoms with Crippen LogP contribution in [-0.4, -0.2) is 77.2 Å². The van der Waals surface area contributed by atoms with E-state index < -0.39 is 10.0 Å². The average Bonchev–Trinajstić information content (AvgIpc) is 2.90. The fourth-order valence-electron chi connectivity index (χ4n) is 5.49. The number of hydrogen-bond acceptors (Lipinski definition) is 7. The van der Waals surface area contributed by atoms with Crippen molar-refractivity contribution in [1.29, 1.82) is 0 Å². The molecule has 2 fully saturated rings. The summed E-state index contributed by atoms with van der Waals surface area (Å²) in [5.41, 5.74) is 3.31. The SMILES string of the molecule is CCS(=O)(=O)N1CCC(Nc2ncc3cc(-c4ccccc4C)c(=O)n(C4CCN(C)CC4)c3n2)CC1. The molecule has 2 saturated heterocycles. The molecular formula is C27H36N6O3S. The summed E-state index contributed by atoms with van der Waals surface area (Å²) >= 11 is 0. The van der Waals surface area contributed by atoms with Gasteiger partial charge in [0.05, 0.1) is 5.75 Å². The largest absolute Gasteiger partial charge is 0.351 e. The number of nitrogens with one attached hydrogen (secondary N) is 1. The molecule has 198 valence electrons. The Bertz CT molecular complexity index is 1440. The highest BCUT2D eigenvalue weighted by atomic mass is 32.2. The van der Waals surface area contributed by atoms with Crippen molar-refractivity contribution in [3.05, 3.63) is 52.4 Å². The van der Waals surface area contributed by atoms with Crippen molar-refractivity contribution in [2.45, 2.75) is 51.6 Å². The minimum Gasteiger partial charge on any atom is -0.351 e. The van der Waals surface area contributed by atoms with Crippen molar-refractivity contribution in [2.75, 3.05) is 44.3 Å².